The molecule has 6 heteroatoms. The lowest BCUT2D eigenvalue weighted by Gasteiger charge is -2.16. The molecule has 0 aliphatic heterocycles. The molecule has 0 saturated heterocycles. The van der Waals surface area contributed by atoms with Crippen molar-refractivity contribution in [1.29, 1.82) is 0 Å². The van der Waals surface area contributed by atoms with Gasteiger partial charge in [0.15, 0.2) is 5.58 Å². The lowest BCUT2D eigenvalue weighted by Crippen LogP contribution is -2.35. The molecule has 2 aromatic carbocycles. The van der Waals surface area contributed by atoms with Crippen molar-refractivity contribution < 1.29 is 14.3 Å². The van der Waals surface area contributed by atoms with E-state index in [4.69, 9.17) is 4.42 Å². The van der Waals surface area contributed by atoms with E-state index in [0.29, 0.717) is 11.1 Å². The Bertz CT molecular complexity index is 867. The molecule has 3 rings (SSSR count). The number of rotatable bonds is 5. The van der Waals surface area contributed by atoms with E-state index in [0.717, 1.165) is 5.56 Å². The maximum Gasteiger partial charge on any atom is 0.420 e. The Morgan fingerprint density at radius 3 is 2.57 bits per heavy atom. The number of hydrogen-bond acceptors (Lipinski definition) is 4. The molecule has 118 valence electrons. The van der Waals surface area contributed by atoms with Crippen molar-refractivity contribution >= 4 is 17.0 Å². The summed E-state index contributed by atoms with van der Waals surface area (Å²) in [6.45, 7) is -0.393. The Balaban J connectivity index is 1.78. The Morgan fingerprint density at radius 2 is 1.83 bits per heavy atom. The minimum atomic E-state index is -0.582. The monoisotopic (exact) mass is 312 g/mol. The second-order valence-corrected chi connectivity index (χ2v) is 5.14. The number of hydrogen-bond donors (Lipinski definition) is 2. The topological polar surface area (TPSA) is 84.5 Å². The number of aromatic nitrogens is 1. The number of benzene rings is 2. The van der Waals surface area contributed by atoms with Gasteiger partial charge in [-0.25, -0.2) is 4.79 Å². The SMILES string of the molecule is O=C(Cn1c(=O)oc2ccccc21)N[C@H](CO)c1ccccc1. The molecule has 0 spiro atoms. The molecule has 6 nitrogen and oxygen atoms in total. The number of para-hydroxylation sites is 2. The number of carbonyl (C=O) groups is 1. The van der Waals surface area contributed by atoms with Crippen molar-refractivity contribution in [3.63, 3.8) is 0 Å². The quantitative estimate of drug-likeness (QED) is 0.747. The predicted octanol–water partition coefficient (Wildman–Crippen LogP) is 1.44. The second kappa shape index (κ2) is 6.50. The van der Waals surface area contributed by atoms with Crippen LogP contribution in [0.4, 0.5) is 0 Å². The highest BCUT2D eigenvalue weighted by atomic mass is 16.4. The lowest BCUT2D eigenvalue weighted by atomic mass is 10.1. The van der Waals surface area contributed by atoms with E-state index in [2.05, 4.69) is 5.32 Å². The summed E-state index contributed by atoms with van der Waals surface area (Å²) in [5.41, 5.74) is 1.80. The van der Waals surface area contributed by atoms with Gasteiger partial charge in [-0.05, 0) is 17.7 Å². The Kier molecular flexibility index (Phi) is 4.25. The Hall–Kier alpha value is -2.86. The molecular weight excluding hydrogens is 296 g/mol. The summed E-state index contributed by atoms with van der Waals surface area (Å²) in [6, 6.07) is 15.6. The van der Waals surface area contributed by atoms with Gasteiger partial charge in [0.05, 0.1) is 18.2 Å². The van der Waals surface area contributed by atoms with Gasteiger partial charge in [-0.2, -0.15) is 0 Å². The van der Waals surface area contributed by atoms with Crippen molar-refractivity contribution in [3.8, 4) is 0 Å². The molecule has 0 fully saturated rings. The average molecular weight is 312 g/mol. The van der Waals surface area contributed by atoms with Gasteiger partial charge in [-0.1, -0.05) is 42.5 Å². The fraction of sp³-hybridized carbons (Fsp3) is 0.176. The predicted molar refractivity (Wildman–Crippen MR) is 84.9 cm³/mol. The van der Waals surface area contributed by atoms with Gasteiger partial charge in [0.2, 0.25) is 5.91 Å². The molecule has 23 heavy (non-hydrogen) atoms. The van der Waals surface area contributed by atoms with Crippen LogP contribution in [0.2, 0.25) is 0 Å². The normalized spacial score (nSPS) is 12.2. The number of oxazole rings is 1. The molecule has 0 radical (unpaired) electrons. The zero-order chi connectivity index (χ0) is 16.2. The standard InChI is InChI=1S/C17H16N2O4/c20-11-13(12-6-2-1-3-7-12)18-16(21)10-19-14-8-4-5-9-15(14)23-17(19)22/h1-9,13,20H,10-11H2,(H,18,21)/t13-/m1/s1. The molecule has 0 saturated carbocycles. The molecule has 1 heterocycles. The molecule has 0 unspecified atom stereocenters. The zero-order valence-electron chi connectivity index (χ0n) is 12.3. The maximum atomic E-state index is 12.2. The van der Waals surface area contributed by atoms with Gasteiger partial charge in [-0.15, -0.1) is 0 Å². The molecular formula is C17H16N2O4. The minimum absolute atomic E-state index is 0.167. The Labute approximate surface area is 132 Å². The number of nitrogens with one attached hydrogen (secondary N) is 1. The van der Waals surface area contributed by atoms with E-state index < -0.39 is 11.8 Å². The first-order valence-electron chi connectivity index (χ1n) is 7.22. The van der Waals surface area contributed by atoms with Crippen LogP contribution in [0.1, 0.15) is 11.6 Å². The second-order valence-electron chi connectivity index (χ2n) is 5.14. The number of amides is 1. The van der Waals surface area contributed by atoms with Crippen molar-refractivity contribution in [2.75, 3.05) is 6.61 Å². The number of aliphatic hydroxyl groups excluding tert-OH is 1. The first-order chi connectivity index (χ1) is 11.2. The summed E-state index contributed by atoms with van der Waals surface area (Å²) in [5, 5.41) is 12.2. The van der Waals surface area contributed by atoms with Crippen molar-refractivity contribution in [3.05, 3.63) is 70.7 Å². The van der Waals surface area contributed by atoms with Crippen LogP contribution in [0.15, 0.2) is 63.8 Å². The van der Waals surface area contributed by atoms with E-state index >= 15 is 0 Å². The van der Waals surface area contributed by atoms with Gasteiger partial charge in [0, 0.05) is 0 Å². The van der Waals surface area contributed by atoms with Gasteiger partial charge in [0.25, 0.3) is 0 Å². The van der Waals surface area contributed by atoms with Crippen LogP contribution in [-0.4, -0.2) is 22.2 Å². The van der Waals surface area contributed by atoms with Crippen LogP contribution < -0.4 is 11.1 Å². The number of aliphatic hydroxyl groups is 1. The number of fused-ring (bicyclic) bond motifs is 1. The van der Waals surface area contributed by atoms with Crippen LogP contribution in [0.25, 0.3) is 11.1 Å². The fourth-order valence-electron chi connectivity index (χ4n) is 2.47. The van der Waals surface area contributed by atoms with Gasteiger partial charge in [0.1, 0.15) is 6.54 Å². The van der Waals surface area contributed by atoms with Crippen LogP contribution in [0.5, 0.6) is 0 Å². The summed E-state index contributed by atoms with van der Waals surface area (Å²) in [4.78, 5) is 24.1. The van der Waals surface area contributed by atoms with Gasteiger partial charge >= 0.3 is 5.76 Å². The number of nitrogens with zero attached hydrogens (tertiary/aromatic N) is 1. The van der Waals surface area contributed by atoms with E-state index in [9.17, 15) is 14.7 Å². The van der Waals surface area contributed by atoms with Crippen molar-refractivity contribution in [1.82, 2.24) is 9.88 Å². The highest BCUT2D eigenvalue weighted by Gasteiger charge is 2.16. The molecule has 2 N–H and O–H groups in total. The molecule has 0 aliphatic carbocycles. The van der Waals surface area contributed by atoms with E-state index in [1.807, 2.05) is 30.3 Å². The summed E-state index contributed by atoms with van der Waals surface area (Å²) < 4.78 is 6.36. The van der Waals surface area contributed by atoms with Crippen molar-refractivity contribution in [2.24, 2.45) is 0 Å². The third-order valence-corrected chi connectivity index (χ3v) is 3.60. The molecule has 3 aromatic rings. The fourth-order valence-corrected chi connectivity index (χ4v) is 2.47. The van der Waals surface area contributed by atoms with Gasteiger partial charge < -0.3 is 14.8 Å². The van der Waals surface area contributed by atoms with E-state index in [-0.39, 0.29) is 19.1 Å². The largest absolute Gasteiger partial charge is 0.420 e. The summed E-state index contributed by atoms with van der Waals surface area (Å²) in [5.74, 6) is -0.955. The summed E-state index contributed by atoms with van der Waals surface area (Å²) >= 11 is 0. The highest BCUT2D eigenvalue weighted by molar-refractivity contribution is 5.79. The third-order valence-electron chi connectivity index (χ3n) is 3.60. The molecule has 1 aromatic heterocycles. The third kappa shape index (κ3) is 3.17. The summed E-state index contributed by atoms with van der Waals surface area (Å²) in [7, 11) is 0. The maximum absolute atomic E-state index is 12.2. The van der Waals surface area contributed by atoms with Crippen molar-refractivity contribution in [2.45, 2.75) is 12.6 Å². The Morgan fingerprint density at radius 1 is 1.13 bits per heavy atom. The van der Waals surface area contributed by atoms with Crippen LogP contribution in [0.3, 0.4) is 0 Å². The molecule has 0 aliphatic rings. The van der Waals surface area contributed by atoms with Crippen LogP contribution in [0, 0.1) is 0 Å². The molecule has 0 bridgehead atoms. The molecule has 1 amide bonds. The highest BCUT2D eigenvalue weighted by Crippen LogP contribution is 2.13. The summed E-state index contributed by atoms with van der Waals surface area (Å²) in [6.07, 6.45) is 0. The van der Waals surface area contributed by atoms with E-state index in [1.165, 1.54) is 4.57 Å². The minimum Gasteiger partial charge on any atom is -0.408 e. The average Bonchev–Trinajstić information content (AvgIpc) is 2.89. The van der Waals surface area contributed by atoms with E-state index in [1.54, 1.807) is 24.3 Å². The lowest BCUT2D eigenvalue weighted by molar-refractivity contribution is -0.122. The van der Waals surface area contributed by atoms with Gasteiger partial charge in [-0.3, -0.25) is 9.36 Å². The van der Waals surface area contributed by atoms with Crippen LogP contribution >= 0.6 is 0 Å². The zero-order valence-corrected chi connectivity index (χ0v) is 12.3. The molecule has 1 atom stereocenters. The first kappa shape index (κ1) is 15.1. The first-order valence-corrected chi connectivity index (χ1v) is 7.22. The smallest absolute Gasteiger partial charge is 0.408 e. The number of carbonyl (C=O) groups excluding carboxylic acids is 1. The van der Waals surface area contributed by atoms with Crippen LogP contribution in [-0.2, 0) is 11.3 Å².